The second kappa shape index (κ2) is 33.6. The maximum atomic E-state index is 14.4. The monoisotopic (exact) mass is 1420 g/mol. The van der Waals surface area contributed by atoms with Crippen molar-refractivity contribution in [1.82, 2.24) is 60.9 Å². The molecule has 3 amide bonds. The van der Waals surface area contributed by atoms with E-state index in [1.807, 2.05) is 6.92 Å². The molecule has 3 saturated heterocycles. The average molecular weight is 1430 g/mol. The minimum absolute atomic E-state index is 0.00725. The molecule has 6 fully saturated rings. The number of carbonyl (C=O) groups excluding carboxylic acids is 3. The van der Waals surface area contributed by atoms with E-state index in [4.69, 9.17) is 33.2 Å². The van der Waals surface area contributed by atoms with Crippen LogP contribution in [0.15, 0.2) is 67.1 Å². The highest BCUT2D eigenvalue weighted by atomic mass is 19.1. The molecule has 6 aliphatic rings. The average Bonchev–Trinajstić information content (AvgIpc) is 1.75. The van der Waals surface area contributed by atoms with Crippen molar-refractivity contribution in [3.63, 3.8) is 0 Å². The maximum Gasteiger partial charge on any atom is 0.332 e. The first-order valence-electron chi connectivity index (χ1n) is 34.4. The van der Waals surface area contributed by atoms with Crippen LogP contribution in [0, 0.1) is 35.3 Å². The van der Waals surface area contributed by atoms with Crippen molar-refractivity contribution in [2.24, 2.45) is 23.7 Å². The van der Waals surface area contributed by atoms with Gasteiger partial charge in [0.1, 0.15) is 102 Å². The molecule has 13 N–H and O–H groups in total. The summed E-state index contributed by atoms with van der Waals surface area (Å²) in [5.41, 5.74) is 1.47. The summed E-state index contributed by atoms with van der Waals surface area (Å²) < 4.78 is 76.2. The Morgan fingerprint density at radius 2 is 1.27 bits per heavy atom. The Morgan fingerprint density at radius 1 is 0.653 bits per heavy atom. The molecule has 15 unspecified atom stereocenters. The number of aliphatic hydroxyl groups is 9. The number of nitrogens with one attached hydrogen (secondary N) is 3. The molecule has 35 heteroatoms. The molecule has 6 heterocycles. The van der Waals surface area contributed by atoms with Gasteiger partial charge in [-0.1, -0.05) is 85.4 Å². The summed E-state index contributed by atoms with van der Waals surface area (Å²) >= 11 is 0. The van der Waals surface area contributed by atoms with Gasteiger partial charge in [0.2, 0.25) is 17.7 Å². The number of rotatable bonds is 26. The molecule has 0 bridgehead atoms. The predicted octanol–water partition coefficient (Wildman–Crippen LogP) is -0.691. The minimum atomic E-state index is -1.74. The van der Waals surface area contributed by atoms with Gasteiger partial charge in [-0.3, -0.25) is 19.1 Å². The van der Waals surface area contributed by atoms with Crippen molar-refractivity contribution in [1.29, 1.82) is 0 Å². The van der Waals surface area contributed by atoms with Gasteiger partial charge < -0.3 is 100 Å². The van der Waals surface area contributed by atoms with Gasteiger partial charge in [0.15, 0.2) is 25.0 Å². The van der Waals surface area contributed by atoms with E-state index in [9.17, 15) is 79.0 Å². The van der Waals surface area contributed by atoms with Gasteiger partial charge in [0.05, 0.1) is 75.4 Å². The lowest BCUT2D eigenvalue weighted by Gasteiger charge is -2.49. The molecule has 0 radical (unpaired) electrons. The highest BCUT2D eigenvalue weighted by molar-refractivity contribution is 5.79. The van der Waals surface area contributed by atoms with Crippen molar-refractivity contribution in [2.45, 2.75) is 233 Å². The molecule has 3 aliphatic heterocycles. The molecule has 3 saturated carbocycles. The standard InChI is InChI=1S/C66H90F2N12O21/c1-4-34-19-37(24-46(59(34)101-66-58(90)57(89)52(84)31(2)95-66)98-64-50(71-32(3)83)60(55(87)49(30-82)99-64)96-47(63(93)94)18-33-10-6-5-7-11-33)61(91)69-16-17-78-26-41(72-75-78)25-70-62(92)38-22-44(79-27-42(73-76-79)35-12-8-14-39(67)20-35)53(85)45(23-38)97-65-56(88)51(54(86)48(29-81)100-65)80-28-43(74-77-80)36-13-9-15-40(68)21-36/h8-9,12-15,20-21,26-28,31,33-34,37-38,44-60,64-66,81-82,84-90H,4-7,10-11,16-19,22-25,29-30H2,1-3H3,(H,69,91)(H,70,92)(H,71,83)(H,93,94)/t31?,34?,37?,38?,44?,45-,46-,47+,48?,49?,50?,51?,52-,53?,54+,55+,56?,57?,58?,59?,60?,64-,65-,66+/m1/s1. The number of carbonyl (C=O) groups is 4. The maximum absolute atomic E-state index is 14.4. The molecule has 3 aromatic heterocycles. The van der Waals surface area contributed by atoms with Gasteiger partial charge in [-0.05, 0) is 75.1 Å². The zero-order chi connectivity index (χ0) is 71.9. The summed E-state index contributed by atoms with van der Waals surface area (Å²) in [6.45, 7) is 2.90. The third kappa shape index (κ3) is 17.6. The fourth-order valence-electron chi connectivity index (χ4n) is 14.8. The van der Waals surface area contributed by atoms with Crippen LogP contribution in [0.5, 0.6) is 0 Å². The normalized spacial score (nSPS) is 34.4. The summed E-state index contributed by atoms with van der Waals surface area (Å²) in [4.78, 5) is 54.6. The molecular weight excluding hydrogens is 1330 g/mol. The number of benzene rings is 2. The van der Waals surface area contributed by atoms with Gasteiger partial charge >= 0.3 is 5.97 Å². The first-order valence-corrected chi connectivity index (χ1v) is 34.4. The number of nitrogens with zero attached hydrogens (tertiary/aromatic N) is 9. The van der Waals surface area contributed by atoms with Crippen LogP contribution in [0.3, 0.4) is 0 Å². The van der Waals surface area contributed by atoms with E-state index in [0.29, 0.717) is 23.2 Å². The zero-order valence-electron chi connectivity index (χ0n) is 55.8. The Kier molecular flexibility index (Phi) is 25.0. The molecule has 5 aromatic rings. The summed E-state index contributed by atoms with van der Waals surface area (Å²) in [6.07, 6.45) is -17.2. The van der Waals surface area contributed by atoms with Crippen LogP contribution in [-0.2, 0) is 65.4 Å². The number of halogens is 2. The Balaban J connectivity index is 0.762. The number of carboxylic acids is 1. The molecule has 33 nitrogen and oxygen atoms in total. The van der Waals surface area contributed by atoms with E-state index in [-0.39, 0.29) is 69.0 Å². The van der Waals surface area contributed by atoms with Gasteiger partial charge in [-0.2, -0.15) is 0 Å². The smallest absolute Gasteiger partial charge is 0.332 e. The Bertz CT molecular complexity index is 3570. The van der Waals surface area contributed by atoms with Crippen LogP contribution >= 0.6 is 0 Å². The lowest BCUT2D eigenvalue weighted by atomic mass is 9.75. The number of hydrogen-bond donors (Lipinski definition) is 13. The van der Waals surface area contributed by atoms with Gasteiger partial charge in [-0.25, -0.2) is 22.9 Å². The molecule has 24 atom stereocenters. The highest BCUT2D eigenvalue weighted by Gasteiger charge is 2.54. The SMILES string of the molecule is CCC1CC(C(=O)NCCn2cc(CNC(=O)C3CC(n4cc(-c5cccc(F)c5)nn4)C(O)[C@H](O[C@@H]4OC(CO)[C@H](O)C(n5cc(-c6cccc(F)c6)nn5)C4O)C3)nn2)C[C@@H](O[C@@H]2OC(CO)[C@H](O)C(O[C@@H](CC3CCCCC3)C(=O)O)C2NC(C)=O)C1O[C@@H]1OC(C)[C@@H](O)C(O)C1O. The van der Waals surface area contributed by atoms with Gasteiger partial charge in [0, 0.05) is 36.4 Å². The largest absolute Gasteiger partial charge is 0.479 e. The van der Waals surface area contributed by atoms with Crippen molar-refractivity contribution in [2.75, 3.05) is 19.8 Å². The number of hydrogen-bond acceptors (Lipinski definition) is 26. The lowest BCUT2D eigenvalue weighted by molar-refractivity contribution is -0.338. The molecule has 101 heavy (non-hydrogen) atoms. The van der Waals surface area contributed by atoms with E-state index < -0.39 is 195 Å². The van der Waals surface area contributed by atoms with E-state index in [2.05, 4.69) is 46.9 Å². The van der Waals surface area contributed by atoms with E-state index in [1.54, 1.807) is 18.3 Å². The minimum Gasteiger partial charge on any atom is -0.479 e. The molecular formula is C66H90F2N12O21. The van der Waals surface area contributed by atoms with Crippen molar-refractivity contribution >= 4 is 23.7 Å². The van der Waals surface area contributed by atoms with Gasteiger partial charge in [0.25, 0.3) is 0 Å². The molecule has 11 rings (SSSR count). The predicted molar refractivity (Wildman–Crippen MR) is 341 cm³/mol. The van der Waals surface area contributed by atoms with E-state index >= 15 is 0 Å². The fraction of sp³-hybridized carbons (Fsp3) is 0.667. The third-order valence-electron chi connectivity index (χ3n) is 20.3. The van der Waals surface area contributed by atoms with Gasteiger partial charge in [-0.15, -0.1) is 15.3 Å². The first-order chi connectivity index (χ1) is 48.5. The van der Waals surface area contributed by atoms with Crippen molar-refractivity contribution in [3.8, 4) is 22.5 Å². The van der Waals surface area contributed by atoms with E-state index in [1.165, 1.54) is 72.0 Å². The number of aliphatic carboxylic acids is 1. The third-order valence-corrected chi connectivity index (χ3v) is 20.3. The molecule has 3 aliphatic carbocycles. The zero-order valence-corrected chi connectivity index (χ0v) is 55.8. The first kappa shape index (κ1) is 75.1. The Morgan fingerprint density at radius 3 is 1.92 bits per heavy atom. The summed E-state index contributed by atoms with van der Waals surface area (Å²) in [5.74, 6) is -6.25. The molecule has 2 aromatic carbocycles. The van der Waals surface area contributed by atoms with Crippen LogP contribution in [0.25, 0.3) is 22.5 Å². The second-order valence-electron chi connectivity index (χ2n) is 27.2. The highest BCUT2D eigenvalue weighted by Crippen LogP contribution is 2.42. The van der Waals surface area contributed by atoms with Crippen LogP contribution < -0.4 is 16.0 Å². The number of ether oxygens (including phenoxy) is 7. The summed E-state index contributed by atoms with van der Waals surface area (Å²) in [6, 6.07) is 7.35. The number of aliphatic hydroxyl groups excluding tert-OH is 9. The second-order valence-corrected chi connectivity index (χ2v) is 27.2. The molecule has 0 spiro atoms. The van der Waals surface area contributed by atoms with Crippen LogP contribution in [0.1, 0.15) is 109 Å². The fourth-order valence-corrected chi connectivity index (χ4v) is 14.8. The van der Waals surface area contributed by atoms with Crippen LogP contribution in [0.2, 0.25) is 0 Å². The Labute approximate surface area is 578 Å². The number of aromatic nitrogens is 9. The molecule has 554 valence electrons. The van der Waals surface area contributed by atoms with Crippen molar-refractivity contribution in [3.05, 3.63) is 84.4 Å². The Hall–Kier alpha value is -7.04. The van der Waals surface area contributed by atoms with Crippen molar-refractivity contribution < 1.29 is 112 Å². The quantitative estimate of drug-likeness (QED) is 0.0326. The van der Waals surface area contributed by atoms with E-state index in [0.717, 1.165) is 36.8 Å². The summed E-state index contributed by atoms with van der Waals surface area (Å²) in [7, 11) is 0. The number of carboxylic acid groups (broad SMARTS) is 1. The topological polar surface area (TPSA) is 463 Å². The van der Waals surface area contributed by atoms with Crippen LogP contribution in [0.4, 0.5) is 8.78 Å². The lowest BCUT2D eigenvalue weighted by Crippen LogP contribution is -2.67. The summed E-state index contributed by atoms with van der Waals surface area (Å²) in [5, 5.41) is 145. The number of amides is 3. The van der Waals surface area contributed by atoms with Crippen LogP contribution in [-0.4, -0.2) is 256 Å².